The van der Waals surface area contributed by atoms with Crippen molar-refractivity contribution in [3.05, 3.63) is 48.5 Å². The lowest BCUT2D eigenvalue weighted by Crippen LogP contribution is -2.34. The van der Waals surface area contributed by atoms with Crippen molar-refractivity contribution in [2.24, 2.45) is 0 Å². The maximum atomic E-state index is 5.21. The van der Waals surface area contributed by atoms with E-state index in [4.69, 9.17) is 9.47 Å². The fraction of sp³-hybridized carbons (Fsp3) is 0.368. The minimum absolute atomic E-state index is 0.436. The summed E-state index contributed by atoms with van der Waals surface area (Å²) in [6.07, 6.45) is 3.60. The number of hydrogen-bond donors (Lipinski definition) is 2. The van der Waals surface area contributed by atoms with E-state index in [2.05, 4.69) is 34.9 Å². The van der Waals surface area contributed by atoms with Crippen LogP contribution in [0.4, 0.5) is 11.4 Å². The Morgan fingerprint density at radius 1 is 0.696 bits per heavy atom. The van der Waals surface area contributed by atoms with Gasteiger partial charge in [-0.05, 0) is 67.8 Å². The number of anilines is 2. The molecule has 23 heavy (non-hydrogen) atoms. The Hall–Kier alpha value is -2.36. The highest BCUT2D eigenvalue weighted by atomic mass is 16.5. The van der Waals surface area contributed by atoms with E-state index in [1.165, 1.54) is 19.3 Å². The summed E-state index contributed by atoms with van der Waals surface area (Å²) in [7, 11) is 3.38. The zero-order valence-corrected chi connectivity index (χ0v) is 13.7. The van der Waals surface area contributed by atoms with Crippen LogP contribution in [0.2, 0.25) is 0 Å². The highest BCUT2D eigenvalue weighted by Crippen LogP contribution is 2.27. The topological polar surface area (TPSA) is 42.5 Å². The zero-order chi connectivity index (χ0) is 16.1. The molecule has 0 amide bonds. The summed E-state index contributed by atoms with van der Waals surface area (Å²) in [6, 6.07) is 17.1. The molecule has 1 aliphatic rings. The third-order valence-electron chi connectivity index (χ3n) is 4.40. The van der Waals surface area contributed by atoms with Crippen molar-refractivity contribution in [2.75, 3.05) is 24.9 Å². The number of methoxy groups -OCH3 is 2. The van der Waals surface area contributed by atoms with E-state index >= 15 is 0 Å². The molecule has 1 fully saturated rings. The highest BCUT2D eigenvalue weighted by Gasteiger charge is 2.27. The molecule has 0 spiro atoms. The molecule has 2 atom stereocenters. The van der Waals surface area contributed by atoms with Gasteiger partial charge in [0.2, 0.25) is 0 Å². The normalized spacial score (nSPS) is 20.1. The van der Waals surface area contributed by atoms with Crippen LogP contribution >= 0.6 is 0 Å². The molecule has 2 aromatic carbocycles. The molecule has 122 valence electrons. The molecule has 0 bridgehead atoms. The lowest BCUT2D eigenvalue weighted by molar-refractivity contribution is 0.414. The van der Waals surface area contributed by atoms with Gasteiger partial charge in [0.15, 0.2) is 0 Å². The van der Waals surface area contributed by atoms with E-state index in [9.17, 15) is 0 Å². The molecular formula is C19H24N2O2. The first kappa shape index (κ1) is 15.5. The zero-order valence-electron chi connectivity index (χ0n) is 13.7. The Morgan fingerprint density at radius 2 is 1.09 bits per heavy atom. The second-order valence-electron chi connectivity index (χ2n) is 5.89. The van der Waals surface area contributed by atoms with Crippen LogP contribution in [0, 0.1) is 0 Å². The molecule has 1 saturated carbocycles. The van der Waals surface area contributed by atoms with Gasteiger partial charge in [0, 0.05) is 23.5 Å². The van der Waals surface area contributed by atoms with E-state index in [1.807, 2.05) is 24.3 Å². The third kappa shape index (κ3) is 3.89. The van der Waals surface area contributed by atoms with Gasteiger partial charge in [0.05, 0.1) is 14.2 Å². The standard InChI is InChI=1S/C19H24N2O2/c1-22-16-10-6-14(7-11-16)20-18-4-3-5-19(18)21-15-8-12-17(23-2)13-9-15/h6-13,18-21H,3-5H2,1-2H3/t18-,19-/m0/s1. The summed E-state index contributed by atoms with van der Waals surface area (Å²) in [5, 5.41) is 7.28. The maximum Gasteiger partial charge on any atom is 0.119 e. The summed E-state index contributed by atoms with van der Waals surface area (Å²) < 4.78 is 10.4. The molecule has 0 aromatic heterocycles. The van der Waals surface area contributed by atoms with Crippen molar-refractivity contribution in [3.63, 3.8) is 0 Å². The second kappa shape index (κ2) is 7.27. The van der Waals surface area contributed by atoms with Crippen LogP contribution in [-0.2, 0) is 0 Å². The number of hydrogen-bond acceptors (Lipinski definition) is 4. The van der Waals surface area contributed by atoms with Crippen LogP contribution in [0.3, 0.4) is 0 Å². The second-order valence-corrected chi connectivity index (χ2v) is 5.89. The third-order valence-corrected chi connectivity index (χ3v) is 4.40. The highest BCUT2D eigenvalue weighted by molar-refractivity contribution is 5.50. The van der Waals surface area contributed by atoms with E-state index in [-0.39, 0.29) is 0 Å². The molecule has 2 aromatic rings. The Balaban J connectivity index is 1.62. The van der Waals surface area contributed by atoms with Gasteiger partial charge < -0.3 is 20.1 Å². The van der Waals surface area contributed by atoms with Crippen molar-refractivity contribution in [3.8, 4) is 11.5 Å². The molecule has 0 heterocycles. The fourth-order valence-corrected chi connectivity index (χ4v) is 3.11. The van der Waals surface area contributed by atoms with Gasteiger partial charge >= 0.3 is 0 Å². The SMILES string of the molecule is COc1ccc(N[C@H]2CCC[C@@H]2Nc2ccc(OC)cc2)cc1. The molecule has 0 saturated heterocycles. The molecule has 4 heteroatoms. The Kier molecular flexibility index (Phi) is 4.91. The predicted molar refractivity (Wildman–Crippen MR) is 94.7 cm³/mol. The van der Waals surface area contributed by atoms with E-state index in [0.717, 1.165) is 22.9 Å². The van der Waals surface area contributed by atoms with Gasteiger partial charge in [0.25, 0.3) is 0 Å². The van der Waals surface area contributed by atoms with Crippen LogP contribution in [0.1, 0.15) is 19.3 Å². The molecule has 0 aliphatic heterocycles. The van der Waals surface area contributed by atoms with Gasteiger partial charge in [-0.15, -0.1) is 0 Å². The van der Waals surface area contributed by atoms with Gasteiger partial charge in [-0.2, -0.15) is 0 Å². The largest absolute Gasteiger partial charge is 0.497 e. The van der Waals surface area contributed by atoms with Gasteiger partial charge in [-0.1, -0.05) is 0 Å². The molecule has 4 nitrogen and oxygen atoms in total. The van der Waals surface area contributed by atoms with Crippen molar-refractivity contribution in [1.29, 1.82) is 0 Å². The lowest BCUT2D eigenvalue weighted by Gasteiger charge is -2.24. The summed E-state index contributed by atoms with van der Waals surface area (Å²) in [5.74, 6) is 1.77. The molecule has 0 radical (unpaired) electrons. The molecule has 0 unspecified atom stereocenters. The van der Waals surface area contributed by atoms with Crippen LogP contribution < -0.4 is 20.1 Å². The maximum absolute atomic E-state index is 5.21. The van der Waals surface area contributed by atoms with Gasteiger partial charge in [0.1, 0.15) is 11.5 Å². The molecule has 1 aliphatic carbocycles. The van der Waals surface area contributed by atoms with E-state index in [0.29, 0.717) is 12.1 Å². The van der Waals surface area contributed by atoms with E-state index < -0.39 is 0 Å². The summed E-state index contributed by atoms with van der Waals surface area (Å²) in [4.78, 5) is 0. The number of rotatable bonds is 6. The summed E-state index contributed by atoms with van der Waals surface area (Å²) in [5.41, 5.74) is 2.28. The molecular weight excluding hydrogens is 288 g/mol. The van der Waals surface area contributed by atoms with Crippen molar-refractivity contribution in [1.82, 2.24) is 0 Å². The van der Waals surface area contributed by atoms with Crippen molar-refractivity contribution in [2.45, 2.75) is 31.3 Å². The number of ether oxygens (including phenoxy) is 2. The molecule has 3 rings (SSSR count). The minimum Gasteiger partial charge on any atom is -0.497 e. The monoisotopic (exact) mass is 312 g/mol. The minimum atomic E-state index is 0.436. The quantitative estimate of drug-likeness (QED) is 0.841. The fourth-order valence-electron chi connectivity index (χ4n) is 3.11. The average Bonchev–Trinajstić information content (AvgIpc) is 3.03. The first-order valence-electron chi connectivity index (χ1n) is 8.09. The number of benzene rings is 2. The van der Waals surface area contributed by atoms with Gasteiger partial charge in [-0.3, -0.25) is 0 Å². The Labute approximate surface area is 137 Å². The Morgan fingerprint density at radius 3 is 1.43 bits per heavy atom. The van der Waals surface area contributed by atoms with Crippen molar-refractivity contribution >= 4 is 11.4 Å². The first-order chi connectivity index (χ1) is 11.3. The van der Waals surface area contributed by atoms with Crippen LogP contribution in [0.5, 0.6) is 11.5 Å². The van der Waals surface area contributed by atoms with Crippen LogP contribution in [0.15, 0.2) is 48.5 Å². The summed E-state index contributed by atoms with van der Waals surface area (Å²) in [6.45, 7) is 0. The average molecular weight is 312 g/mol. The van der Waals surface area contributed by atoms with Gasteiger partial charge in [-0.25, -0.2) is 0 Å². The molecule has 2 N–H and O–H groups in total. The lowest BCUT2D eigenvalue weighted by atomic mass is 10.1. The van der Waals surface area contributed by atoms with Crippen LogP contribution in [-0.4, -0.2) is 26.3 Å². The number of nitrogens with one attached hydrogen (secondary N) is 2. The summed E-state index contributed by atoms with van der Waals surface area (Å²) >= 11 is 0. The van der Waals surface area contributed by atoms with Crippen molar-refractivity contribution < 1.29 is 9.47 Å². The Bertz CT molecular complexity index is 555. The predicted octanol–water partition coefficient (Wildman–Crippen LogP) is 4.15. The first-order valence-corrected chi connectivity index (χ1v) is 8.09. The van der Waals surface area contributed by atoms with Crippen LogP contribution in [0.25, 0.3) is 0 Å². The van der Waals surface area contributed by atoms with E-state index in [1.54, 1.807) is 14.2 Å². The smallest absolute Gasteiger partial charge is 0.119 e.